The van der Waals surface area contributed by atoms with Gasteiger partial charge in [-0.15, -0.1) is 0 Å². The monoisotopic (exact) mass is 810 g/mol. The van der Waals surface area contributed by atoms with E-state index >= 15 is 0 Å². The molecule has 0 unspecified atom stereocenters. The van der Waals surface area contributed by atoms with Crippen molar-refractivity contribution in [3.63, 3.8) is 0 Å². The predicted octanol–water partition coefficient (Wildman–Crippen LogP) is 7.68. The molecule has 3 aliphatic heterocycles. The molecule has 0 bridgehead atoms. The van der Waals surface area contributed by atoms with E-state index in [-0.39, 0.29) is 55.1 Å². The van der Waals surface area contributed by atoms with Crippen LogP contribution in [0.2, 0.25) is 0 Å². The van der Waals surface area contributed by atoms with Crippen LogP contribution in [0.5, 0.6) is 5.75 Å². The number of hydrogen-bond acceptors (Lipinski definition) is 13. The van der Waals surface area contributed by atoms with Crippen molar-refractivity contribution in [1.82, 2.24) is 14.8 Å². The van der Waals surface area contributed by atoms with Gasteiger partial charge in [-0.2, -0.15) is 0 Å². The summed E-state index contributed by atoms with van der Waals surface area (Å²) in [5, 5.41) is 11.5. The molecule has 2 aromatic rings. The summed E-state index contributed by atoms with van der Waals surface area (Å²) in [6.45, 7) is 13.7. The van der Waals surface area contributed by atoms with Gasteiger partial charge in [0.1, 0.15) is 11.3 Å². The zero-order valence-corrected chi connectivity index (χ0v) is 33.0. The standard InChI is InChI=1S/C17H19N3O6.C8H14ClNO3.C7H14O.C2H2Cl2O2/c1-11-8-19(9-12(2)26-11)17(21)25-10-24-15-6-5-14(20(22)23)13-4-3-7-18-16(13)15;1-6-3-10(4-7(2)13-6)8(11)12-5-9;1-6-4-3-5-7(2)8-6;3-1-6-2(4)5/h3-7,11-12H,8-10H2,1-2H3;6-7H,3-5H2,1-2H3;6-7H,3-5H2,1-2H3;1H2/t11-,12+;2*6-,7+;. The van der Waals surface area contributed by atoms with Crippen molar-refractivity contribution in [2.45, 2.75) is 97.4 Å². The van der Waals surface area contributed by atoms with E-state index in [1.807, 2.05) is 27.7 Å². The van der Waals surface area contributed by atoms with Crippen molar-refractivity contribution in [2.24, 2.45) is 0 Å². The first-order chi connectivity index (χ1) is 25.1. The number of alkyl halides is 2. The van der Waals surface area contributed by atoms with E-state index in [1.54, 1.807) is 21.9 Å². The van der Waals surface area contributed by atoms with Crippen molar-refractivity contribution in [3.8, 4) is 5.75 Å². The molecular formula is C34H49Cl3N4O12. The van der Waals surface area contributed by atoms with Gasteiger partial charge in [0.15, 0.2) is 12.1 Å². The lowest BCUT2D eigenvalue weighted by Crippen LogP contribution is -2.48. The molecule has 0 saturated carbocycles. The SMILES string of the molecule is C[C@@H]1CCC[C@H](C)O1.C[C@@H]1CN(C(=O)OCCl)C[C@H](C)O1.C[C@@H]1CN(C(=O)OCOc2ccc([N+](=O)[O-])c3cccnc23)C[C@H](C)O1.O=C(Cl)OCCl. The van der Waals surface area contributed by atoms with E-state index < -0.39 is 16.4 Å². The number of carbonyl (C=O) groups is 3. The van der Waals surface area contributed by atoms with Gasteiger partial charge in [0.2, 0.25) is 6.79 Å². The van der Waals surface area contributed by atoms with E-state index in [4.69, 9.17) is 46.9 Å². The number of rotatable bonds is 6. The zero-order chi connectivity index (χ0) is 39.5. The van der Waals surface area contributed by atoms with Gasteiger partial charge in [-0.25, -0.2) is 14.4 Å². The third-order valence-corrected chi connectivity index (χ3v) is 8.02. The van der Waals surface area contributed by atoms with Gasteiger partial charge >= 0.3 is 17.6 Å². The lowest BCUT2D eigenvalue weighted by molar-refractivity contribution is -0.383. The van der Waals surface area contributed by atoms with Crippen LogP contribution in [-0.2, 0) is 28.4 Å². The second-order valence-corrected chi connectivity index (χ2v) is 13.2. The normalized spacial score (nSPS) is 23.7. The van der Waals surface area contributed by atoms with E-state index in [0.717, 1.165) is 0 Å². The average molecular weight is 812 g/mol. The molecular weight excluding hydrogens is 763 g/mol. The Hall–Kier alpha value is -3.41. The van der Waals surface area contributed by atoms with Gasteiger partial charge in [0.05, 0.1) is 73.1 Å². The Kier molecular flexibility index (Phi) is 20.8. The average Bonchev–Trinajstić information content (AvgIpc) is 3.08. The summed E-state index contributed by atoms with van der Waals surface area (Å²) < 4.78 is 35.8. The highest BCUT2D eigenvalue weighted by Crippen LogP contribution is 2.31. The molecule has 16 nitrogen and oxygen atoms in total. The molecule has 53 heavy (non-hydrogen) atoms. The van der Waals surface area contributed by atoms with Crippen LogP contribution in [0, 0.1) is 10.1 Å². The first-order valence-electron chi connectivity index (χ1n) is 17.0. The van der Waals surface area contributed by atoms with Crippen molar-refractivity contribution < 1.29 is 52.5 Å². The molecule has 19 heteroatoms. The maximum atomic E-state index is 12.1. The summed E-state index contributed by atoms with van der Waals surface area (Å²) in [6.07, 6.45) is 5.54. The number of nitrogens with zero attached hydrogens (tertiary/aromatic N) is 4. The number of carbonyl (C=O) groups excluding carboxylic acids is 3. The van der Waals surface area contributed by atoms with Crippen LogP contribution in [-0.4, -0.2) is 119 Å². The number of halogens is 3. The fourth-order valence-corrected chi connectivity index (χ4v) is 6.01. The third kappa shape index (κ3) is 17.1. The molecule has 2 amide bonds. The molecule has 0 aliphatic carbocycles. The van der Waals surface area contributed by atoms with Gasteiger partial charge < -0.3 is 43.0 Å². The predicted molar refractivity (Wildman–Crippen MR) is 198 cm³/mol. The second kappa shape index (κ2) is 24.1. The Morgan fingerprint density at radius 1 is 0.792 bits per heavy atom. The van der Waals surface area contributed by atoms with Crippen molar-refractivity contribution >= 4 is 69.0 Å². The minimum atomic E-state index is -0.870. The summed E-state index contributed by atoms with van der Waals surface area (Å²) >= 11 is 14.8. The van der Waals surface area contributed by atoms with E-state index in [0.29, 0.717) is 55.0 Å². The maximum Gasteiger partial charge on any atom is 0.412 e. The molecule has 1 aromatic carbocycles. The van der Waals surface area contributed by atoms with E-state index in [9.17, 15) is 24.5 Å². The van der Waals surface area contributed by atoms with Gasteiger partial charge in [-0.1, -0.05) is 23.2 Å². The summed E-state index contributed by atoms with van der Waals surface area (Å²) in [5.74, 6) is 0.308. The van der Waals surface area contributed by atoms with Crippen LogP contribution >= 0.6 is 34.8 Å². The quantitative estimate of drug-likeness (QED) is 0.0694. The van der Waals surface area contributed by atoms with Crippen LogP contribution in [0.3, 0.4) is 0 Å². The van der Waals surface area contributed by atoms with E-state index in [1.165, 1.54) is 37.6 Å². The van der Waals surface area contributed by atoms with Crippen molar-refractivity contribution in [2.75, 3.05) is 45.1 Å². The minimum Gasteiger partial charge on any atom is -0.455 e. The number of amides is 2. The van der Waals surface area contributed by atoms with Gasteiger partial charge in [0, 0.05) is 23.9 Å². The first-order valence-corrected chi connectivity index (χ1v) is 18.5. The lowest BCUT2D eigenvalue weighted by atomic mass is 10.1. The number of fused-ring (bicyclic) bond motifs is 1. The Balaban J connectivity index is 0.000000296. The van der Waals surface area contributed by atoms with Gasteiger partial charge in [-0.3, -0.25) is 15.1 Å². The maximum absolute atomic E-state index is 12.1. The number of pyridine rings is 1. The van der Waals surface area contributed by atoms with Crippen LogP contribution in [0.4, 0.5) is 20.1 Å². The highest BCUT2D eigenvalue weighted by atomic mass is 35.5. The Labute approximate surface area is 324 Å². The molecule has 0 spiro atoms. The van der Waals surface area contributed by atoms with Gasteiger partial charge in [0.25, 0.3) is 5.69 Å². The number of non-ortho nitro benzene ring substituents is 1. The van der Waals surface area contributed by atoms with E-state index in [2.05, 4.69) is 39.9 Å². The van der Waals surface area contributed by atoms with Crippen LogP contribution in [0.15, 0.2) is 30.5 Å². The van der Waals surface area contributed by atoms with Crippen LogP contribution < -0.4 is 4.74 Å². The highest BCUT2D eigenvalue weighted by molar-refractivity contribution is 6.61. The van der Waals surface area contributed by atoms with Crippen molar-refractivity contribution in [1.29, 1.82) is 0 Å². The molecule has 3 aliphatic rings. The molecule has 3 fully saturated rings. The van der Waals surface area contributed by atoms with Crippen LogP contribution in [0.1, 0.15) is 60.8 Å². The molecule has 0 N–H and O–H groups in total. The summed E-state index contributed by atoms with van der Waals surface area (Å²) in [6, 6.07) is 5.71. The molecule has 5 rings (SSSR count). The minimum absolute atomic E-state index is 0.0602. The number of nitro groups is 1. The Bertz CT molecular complexity index is 1430. The fraction of sp³-hybridized carbons (Fsp3) is 0.647. The first kappa shape index (κ1) is 45.7. The number of hydrogen-bond donors (Lipinski definition) is 0. The number of ether oxygens (including phenoxy) is 7. The summed E-state index contributed by atoms with van der Waals surface area (Å²) in [7, 11) is 0. The fourth-order valence-electron chi connectivity index (χ4n) is 5.70. The summed E-state index contributed by atoms with van der Waals surface area (Å²) in [5.41, 5.74) is -0.592. The summed E-state index contributed by atoms with van der Waals surface area (Å²) in [4.78, 5) is 50.8. The lowest BCUT2D eigenvalue weighted by Gasteiger charge is -2.34. The number of nitro benzene ring substituents is 1. The molecule has 4 heterocycles. The molecule has 6 atom stereocenters. The number of benzene rings is 1. The smallest absolute Gasteiger partial charge is 0.412 e. The molecule has 1 aromatic heterocycles. The largest absolute Gasteiger partial charge is 0.455 e. The third-order valence-electron chi connectivity index (χ3n) is 7.69. The second-order valence-electron chi connectivity index (χ2n) is 12.4. The van der Waals surface area contributed by atoms with Crippen LogP contribution in [0.25, 0.3) is 10.9 Å². The number of morpholine rings is 2. The highest BCUT2D eigenvalue weighted by Gasteiger charge is 2.28. The Morgan fingerprint density at radius 3 is 1.70 bits per heavy atom. The topological polar surface area (TPSA) is 178 Å². The van der Waals surface area contributed by atoms with Gasteiger partial charge in [-0.05, 0) is 79.0 Å². The Morgan fingerprint density at radius 2 is 1.28 bits per heavy atom. The molecule has 3 saturated heterocycles. The van der Waals surface area contributed by atoms with Crippen molar-refractivity contribution in [3.05, 3.63) is 40.6 Å². The zero-order valence-electron chi connectivity index (χ0n) is 30.7. The molecule has 298 valence electrons. The number of aromatic nitrogens is 1. The molecule has 0 radical (unpaired) electrons.